The van der Waals surface area contributed by atoms with E-state index in [1.54, 1.807) is 17.0 Å². The average Bonchev–Trinajstić information content (AvgIpc) is 2.76. The highest BCUT2D eigenvalue weighted by Gasteiger charge is 2.36. The maximum Gasteiger partial charge on any atom is 0.323 e. The molecule has 1 fully saturated rings. The smallest absolute Gasteiger partial charge is 0.323 e. The molecule has 1 aromatic rings. The lowest BCUT2D eigenvalue weighted by Crippen LogP contribution is -2.54. The first kappa shape index (κ1) is 25.8. The summed E-state index contributed by atoms with van der Waals surface area (Å²) in [4.78, 5) is 39.4. The van der Waals surface area contributed by atoms with E-state index in [-0.39, 0.29) is 35.1 Å². The zero-order valence-corrected chi connectivity index (χ0v) is 19.9. The summed E-state index contributed by atoms with van der Waals surface area (Å²) in [5.41, 5.74) is 0.935. The van der Waals surface area contributed by atoms with Gasteiger partial charge in [0.1, 0.15) is 12.6 Å². The molecule has 2 amide bonds. The number of benzene rings is 1. The number of aliphatic carboxylic acids is 1. The summed E-state index contributed by atoms with van der Waals surface area (Å²) in [6.07, 6.45) is 1.43. The molecule has 0 saturated carbocycles. The van der Waals surface area contributed by atoms with E-state index >= 15 is 0 Å². The lowest BCUT2D eigenvalue weighted by atomic mass is 9.93. The van der Waals surface area contributed by atoms with Gasteiger partial charge in [0.05, 0.1) is 4.90 Å². The van der Waals surface area contributed by atoms with E-state index in [2.05, 4.69) is 4.72 Å². The van der Waals surface area contributed by atoms with Crippen LogP contribution < -0.4 is 4.72 Å². The molecule has 1 unspecified atom stereocenters. The Morgan fingerprint density at radius 3 is 2.25 bits per heavy atom. The van der Waals surface area contributed by atoms with Gasteiger partial charge >= 0.3 is 5.97 Å². The molecule has 0 bridgehead atoms. The molecule has 178 valence electrons. The van der Waals surface area contributed by atoms with Gasteiger partial charge in [-0.05, 0) is 37.8 Å². The van der Waals surface area contributed by atoms with Gasteiger partial charge < -0.3 is 14.9 Å². The van der Waals surface area contributed by atoms with Crippen molar-refractivity contribution < 1.29 is 27.9 Å². The predicted octanol–water partition coefficient (Wildman–Crippen LogP) is 1.47. The fraction of sp³-hybridized carbons (Fsp3) is 0.591. The van der Waals surface area contributed by atoms with Crippen LogP contribution in [0.1, 0.15) is 38.7 Å². The third-order valence-electron chi connectivity index (χ3n) is 6.00. The van der Waals surface area contributed by atoms with Crippen molar-refractivity contribution in [3.63, 3.8) is 0 Å². The van der Waals surface area contributed by atoms with Crippen LogP contribution in [-0.4, -0.2) is 73.8 Å². The van der Waals surface area contributed by atoms with Gasteiger partial charge in [-0.15, -0.1) is 0 Å². The van der Waals surface area contributed by atoms with Crippen LogP contribution in [-0.2, 0) is 24.4 Å². The molecule has 1 saturated heterocycles. The summed E-state index contributed by atoms with van der Waals surface area (Å²) in [5.74, 6) is -2.21. The van der Waals surface area contributed by atoms with Gasteiger partial charge in [0.15, 0.2) is 0 Å². The first-order valence-electron chi connectivity index (χ1n) is 10.8. The molecule has 2 atom stereocenters. The number of piperidine rings is 1. The molecule has 9 nitrogen and oxygen atoms in total. The monoisotopic (exact) mass is 467 g/mol. The van der Waals surface area contributed by atoms with Gasteiger partial charge in [-0.3, -0.25) is 14.4 Å². The number of rotatable bonds is 9. The van der Waals surface area contributed by atoms with Crippen LogP contribution in [0, 0.1) is 18.8 Å². The summed E-state index contributed by atoms with van der Waals surface area (Å²) >= 11 is 0. The SMILES string of the molecule is CCC(C)[C@H](NS(=O)(=O)c1ccc(C)cc1)C(=O)N1CCC(C(=O)N(C)CC(=O)O)CC1. The largest absolute Gasteiger partial charge is 0.480 e. The molecule has 0 aromatic heterocycles. The molecule has 2 rings (SSSR count). The minimum atomic E-state index is -3.88. The molecule has 0 radical (unpaired) electrons. The van der Waals surface area contributed by atoms with Crippen molar-refractivity contribution >= 4 is 27.8 Å². The summed E-state index contributed by atoms with van der Waals surface area (Å²) in [6, 6.07) is 5.53. The molecule has 32 heavy (non-hydrogen) atoms. The van der Waals surface area contributed by atoms with Crippen LogP contribution in [0.5, 0.6) is 0 Å². The average molecular weight is 468 g/mol. The highest BCUT2D eigenvalue weighted by atomic mass is 32.2. The number of likely N-dealkylation sites (tertiary alicyclic amines) is 1. The summed E-state index contributed by atoms with van der Waals surface area (Å²) in [5, 5.41) is 8.87. The van der Waals surface area contributed by atoms with Crippen LogP contribution >= 0.6 is 0 Å². The molecular formula is C22H33N3O6S. The van der Waals surface area contributed by atoms with Crippen molar-refractivity contribution in [2.24, 2.45) is 11.8 Å². The van der Waals surface area contributed by atoms with Crippen molar-refractivity contribution in [1.82, 2.24) is 14.5 Å². The number of carbonyl (C=O) groups is 3. The second-order valence-corrected chi connectivity index (χ2v) is 10.2. The quantitative estimate of drug-likeness (QED) is 0.567. The van der Waals surface area contributed by atoms with Crippen molar-refractivity contribution in [2.75, 3.05) is 26.7 Å². The lowest BCUT2D eigenvalue weighted by molar-refractivity contribution is -0.146. The standard InChI is InChI=1S/C22H33N3O6S/c1-5-16(3)20(23-32(30,31)18-8-6-15(2)7-9-18)22(29)25-12-10-17(11-13-25)21(28)24(4)14-19(26)27/h6-9,16-17,20,23H,5,10-14H2,1-4H3,(H,26,27)/t16?,20-/m0/s1. The van der Waals surface area contributed by atoms with E-state index in [4.69, 9.17) is 5.11 Å². The Labute approximate surface area is 189 Å². The number of carboxylic acids is 1. The van der Waals surface area contributed by atoms with Gasteiger partial charge in [0.2, 0.25) is 21.8 Å². The van der Waals surface area contributed by atoms with E-state index in [0.29, 0.717) is 32.4 Å². The van der Waals surface area contributed by atoms with E-state index in [9.17, 15) is 22.8 Å². The van der Waals surface area contributed by atoms with Gasteiger partial charge in [0, 0.05) is 26.1 Å². The minimum Gasteiger partial charge on any atom is -0.480 e. The van der Waals surface area contributed by atoms with Crippen LogP contribution in [0.15, 0.2) is 29.2 Å². The van der Waals surface area contributed by atoms with Crippen molar-refractivity contribution in [2.45, 2.75) is 51.0 Å². The predicted molar refractivity (Wildman–Crippen MR) is 119 cm³/mol. The van der Waals surface area contributed by atoms with Crippen molar-refractivity contribution in [3.05, 3.63) is 29.8 Å². The van der Waals surface area contributed by atoms with E-state index < -0.39 is 22.0 Å². The Bertz CT molecular complexity index is 923. The second kappa shape index (κ2) is 10.9. The van der Waals surface area contributed by atoms with Crippen molar-refractivity contribution in [1.29, 1.82) is 0 Å². The van der Waals surface area contributed by atoms with Gasteiger partial charge in [-0.1, -0.05) is 38.0 Å². The summed E-state index contributed by atoms with van der Waals surface area (Å²) in [6.45, 7) is 5.86. The molecule has 2 N–H and O–H groups in total. The fourth-order valence-electron chi connectivity index (χ4n) is 3.73. The third kappa shape index (κ3) is 6.52. The highest BCUT2D eigenvalue weighted by Crippen LogP contribution is 2.22. The van der Waals surface area contributed by atoms with E-state index in [1.165, 1.54) is 24.1 Å². The Hall–Kier alpha value is -2.46. The molecule has 1 aromatic carbocycles. The lowest BCUT2D eigenvalue weighted by Gasteiger charge is -2.36. The zero-order valence-electron chi connectivity index (χ0n) is 19.1. The number of hydrogen-bond acceptors (Lipinski definition) is 5. The van der Waals surface area contributed by atoms with Gasteiger partial charge in [0.25, 0.3) is 0 Å². The Morgan fingerprint density at radius 2 is 1.75 bits per heavy atom. The Balaban J connectivity index is 2.08. The number of nitrogens with one attached hydrogen (secondary N) is 1. The maximum atomic E-state index is 13.2. The van der Waals surface area contributed by atoms with Crippen LogP contribution in [0.25, 0.3) is 0 Å². The van der Waals surface area contributed by atoms with Crippen molar-refractivity contribution in [3.8, 4) is 0 Å². The maximum absolute atomic E-state index is 13.2. The topological polar surface area (TPSA) is 124 Å². The van der Waals surface area contributed by atoms with Gasteiger partial charge in [-0.2, -0.15) is 4.72 Å². The first-order chi connectivity index (χ1) is 15.0. The molecule has 0 spiro atoms. The normalized spacial score (nSPS) is 16.9. The number of amides is 2. The zero-order chi connectivity index (χ0) is 24.1. The van der Waals surface area contributed by atoms with Crippen LogP contribution in [0.3, 0.4) is 0 Å². The molecule has 1 aliphatic rings. The Kier molecular flexibility index (Phi) is 8.80. The fourth-order valence-corrected chi connectivity index (χ4v) is 5.03. The molecule has 10 heteroatoms. The van der Waals surface area contributed by atoms with E-state index in [1.807, 2.05) is 20.8 Å². The minimum absolute atomic E-state index is 0.106. The van der Waals surface area contributed by atoms with Crippen LogP contribution in [0.2, 0.25) is 0 Å². The third-order valence-corrected chi connectivity index (χ3v) is 7.45. The summed E-state index contributed by atoms with van der Waals surface area (Å²) in [7, 11) is -2.42. The number of carboxylic acid groups (broad SMARTS) is 1. The first-order valence-corrected chi connectivity index (χ1v) is 12.3. The number of nitrogens with zero attached hydrogens (tertiary/aromatic N) is 2. The number of carbonyl (C=O) groups excluding carboxylic acids is 2. The van der Waals surface area contributed by atoms with Crippen LogP contribution in [0.4, 0.5) is 0 Å². The highest BCUT2D eigenvalue weighted by molar-refractivity contribution is 7.89. The van der Waals surface area contributed by atoms with E-state index in [0.717, 1.165) is 5.56 Å². The summed E-state index contributed by atoms with van der Waals surface area (Å²) < 4.78 is 28.4. The number of hydrogen-bond donors (Lipinski definition) is 2. The number of likely N-dealkylation sites (N-methyl/N-ethyl adjacent to an activating group) is 1. The molecule has 1 aliphatic heterocycles. The number of sulfonamides is 1. The number of aryl methyl sites for hydroxylation is 1. The Morgan fingerprint density at radius 1 is 1.19 bits per heavy atom. The van der Waals surface area contributed by atoms with Gasteiger partial charge in [-0.25, -0.2) is 8.42 Å². The second-order valence-electron chi connectivity index (χ2n) is 8.49. The molecule has 1 heterocycles. The molecular weight excluding hydrogens is 434 g/mol. The molecule has 0 aliphatic carbocycles.